The highest BCUT2D eigenvalue weighted by Gasteiger charge is 2.39. The van der Waals surface area contributed by atoms with Crippen LogP contribution in [0, 0.1) is 0 Å². The van der Waals surface area contributed by atoms with Crippen LogP contribution >= 0.6 is 0 Å². The van der Waals surface area contributed by atoms with Crippen LogP contribution in [-0.4, -0.2) is 32.1 Å². The molecule has 1 aromatic heterocycles. The Morgan fingerprint density at radius 3 is 2.70 bits per heavy atom. The van der Waals surface area contributed by atoms with Crippen molar-refractivity contribution in [3.8, 4) is 28.7 Å². The summed E-state index contributed by atoms with van der Waals surface area (Å²) in [5.41, 5.74) is 1.79. The first-order chi connectivity index (χ1) is 16.1. The van der Waals surface area contributed by atoms with Crippen molar-refractivity contribution in [1.82, 2.24) is 0 Å². The summed E-state index contributed by atoms with van der Waals surface area (Å²) in [6.45, 7) is 0.840. The first-order valence-electron chi connectivity index (χ1n) is 10.4. The van der Waals surface area contributed by atoms with Gasteiger partial charge in [-0.3, -0.25) is 9.59 Å². The fourth-order valence-corrected chi connectivity index (χ4v) is 4.39. The molecule has 4 heterocycles. The molecule has 8 heteroatoms. The number of carbonyl (C=O) groups excluding carboxylic acids is 2. The Bertz CT molecular complexity index is 1300. The van der Waals surface area contributed by atoms with E-state index in [9.17, 15) is 9.59 Å². The lowest BCUT2D eigenvalue weighted by Crippen LogP contribution is -2.22. The van der Waals surface area contributed by atoms with Gasteiger partial charge in [0.1, 0.15) is 30.5 Å². The molecule has 0 spiro atoms. The zero-order valence-electron chi connectivity index (χ0n) is 17.6. The summed E-state index contributed by atoms with van der Waals surface area (Å²) < 4.78 is 33.8. The lowest BCUT2D eigenvalue weighted by atomic mass is 9.84. The van der Waals surface area contributed by atoms with Crippen LogP contribution in [0.1, 0.15) is 39.6 Å². The third-order valence-electron chi connectivity index (χ3n) is 5.85. The number of ether oxygens (including phenoxy) is 5. The van der Waals surface area contributed by atoms with Gasteiger partial charge >= 0.3 is 5.97 Å². The fraction of sp³-hybridized carbons (Fsp3) is 0.200. The summed E-state index contributed by atoms with van der Waals surface area (Å²) in [5, 5.41) is 0. The summed E-state index contributed by atoms with van der Waals surface area (Å²) in [6.07, 6.45) is 3.14. The van der Waals surface area contributed by atoms with E-state index in [-0.39, 0.29) is 23.9 Å². The Labute approximate surface area is 188 Å². The Morgan fingerprint density at radius 2 is 1.88 bits per heavy atom. The molecule has 2 aromatic carbocycles. The van der Waals surface area contributed by atoms with Crippen molar-refractivity contribution in [3.63, 3.8) is 0 Å². The summed E-state index contributed by atoms with van der Waals surface area (Å²) in [7, 11) is 1.55. The van der Waals surface area contributed by atoms with Crippen molar-refractivity contribution in [2.75, 3.05) is 20.3 Å². The molecule has 0 saturated heterocycles. The minimum Gasteiger partial charge on any atom is -0.493 e. The minimum atomic E-state index is -0.434. The van der Waals surface area contributed by atoms with Crippen LogP contribution in [-0.2, 0) is 4.79 Å². The van der Waals surface area contributed by atoms with E-state index >= 15 is 0 Å². The first-order valence-corrected chi connectivity index (χ1v) is 10.4. The summed E-state index contributed by atoms with van der Waals surface area (Å²) >= 11 is 0. The Balaban J connectivity index is 1.49. The lowest BCUT2D eigenvalue weighted by Gasteiger charge is -2.28. The number of hydrogen-bond donors (Lipinski definition) is 0. The molecule has 8 nitrogen and oxygen atoms in total. The van der Waals surface area contributed by atoms with Crippen LogP contribution < -0.4 is 23.7 Å². The van der Waals surface area contributed by atoms with Crippen molar-refractivity contribution in [2.24, 2.45) is 0 Å². The van der Waals surface area contributed by atoms with Crippen molar-refractivity contribution in [1.29, 1.82) is 0 Å². The van der Waals surface area contributed by atoms with Crippen molar-refractivity contribution in [3.05, 3.63) is 70.9 Å². The average molecular weight is 446 g/mol. The largest absolute Gasteiger partial charge is 0.493 e. The molecule has 3 aliphatic heterocycles. The molecule has 0 amide bonds. The number of benzene rings is 2. The number of carbonyl (C=O) groups is 2. The Morgan fingerprint density at radius 1 is 1.00 bits per heavy atom. The van der Waals surface area contributed by atoms with Gasteiger partial charge in [-0.15, -0.1) is 0 Å². The third kappa shape index (κ3) is 3.14. The van der Waals surface area contributed by atoms with E-state index in [4.69, 9.17) is 28.1 Å². The molecule has 0 N–H and O–H groups in total. The molecule has 0 saturated carbocycles. The van der Waals surface area contributed by atoms with Gasteiger partial charge < -0.3 is 28.1 Å². The second kappa shape index (κ2) is 7.44. The normalized spacial score (nSPS) is 19.5. The number of furan rings is 1. The maximum Gasteiger partial charge on any atom is 0.312 e. The second-order valence-corrected chi connectivity index (χ2v) is 7.79. The van der Waals surface area contributed by atoms with E-state index < -0.39 is 5.92 Å². The van der Waals surface area contributed by atoms with E-state index in [1.807, 2.05) is 12.1 Å². The first kappa shape index (κ1) is 19.5. The van der Waals surface area contributed by atoms with E-state index in [0.717, 1.165) is 5.56 Å². The average Bonchev–Trinajstić information content (AvgIpc) is 3.45. The zero-order chi connectivity index (χ0) is 22.5. The van der Waals surface area contributed by atoms with Gasteiger partial charge in [-0.05, 0) is 42.0 Å². The van der Waals surface area contributed by atoms with E-state index in [1.165, 1.54) is 6.26 Å². The zero-order valence-corrected chi connectivity index (χ0v) is 17.6. The maximum atomic E-state index is 13.0. The van der Waals surface area contributed by atoms with Crippen molar-refractivity contribution in [2.45, 2.75) is 12.3 Å². The predicted octanol–water partition coefficient (Wildman–Crippen LogP) is 4.12. The van der Waals surface area contributed by atoms with Gasteiger partial charge in [-0.1, -0.05) is 0 Å². The highest BCUT2D eigenvalue weighted by molar-refractivity contribution is 6.15. The number of Topliss-reactive ketones (excluding diaryl/α,β-unsaturated/α-hetero) is 1. The Kier molecular flexibility index (Phi) is 4.39. The number of ketones is 1. The topological polar surface area (TPSA) is 93.4 Å². The number of rotatable bonds is 3. The second-order valence-electron chi connectivity index (χ2n) is 7.79. The molecule has 0 fully saturated rings. The molecule has 0 bridgehead atoms. The van der Waals surface area contributed by atoms with Gasteiger partial charge in [0.05, 0.1) is 25.4 Å². The van der Waals surface area contributed by atoms with Crippen LogP contribution in [0.3, 0.4) is 0 Å². The molecule has 1 atom stereocenters. The van der Waals surface area contributed by atoms with E-state index in [0.29, 0.717) is 58.8 Å². The summed E-state index contributed by atoms with van der Waals surface area (Å²) in [4.78, 5) is 25.5. The van der Waals surface area contributed by atoms with Crippen LogP contribution in [0.2, 0.25) is 0 Å². The van der Waals surface area contributed by atoms with Crippen molar-refractivity contribution >= 4 is 17.8 Å². The molecular weight excluding hydrogens is 428 g/mol. The molecular formula is C25H18O8. The molecule has 0 aliphatic carbocycles. The quantitative estimate of drug-likeness (QED) is 0.337. The molecule has 6 rings (SSSR count). The van der Waals surface area contributed by atoms with E-state index in [1.54, 1.807) is 37.5 Å². The molecule has 166 valence electrons. The van der Waals surface area contributed by atoms with Gasteiger partial charge in [0.15, 0.2) is 17.3 Å². The number of fused-ring (bicyclic) bond motifs is 4. The highest BCUT2D eigenvalue weighted by Crippen LogP contribution is 2.51. The van der Waals surface area contributed by atoms with Crippen LogP contribution in [0.15, 0.2) is 52.8 Å². The summed E-state index contributed by atoms with van der Waals surface area (Å²) in [6, 6.07) is 10.3. The summed E-state index contributed by atoms with van der Waals surface area (Å²) in [5.74, 6) is 1.87. The smallest absolute Gasteiger partial charge is 0.312 e. The molecule has 33 heavy (non-hydrogen) atoms. The number of allylic oxidation sites excluding steroid dienone is 1. The van der Waals surface area contributed by atoms with Gasteiger partial charge in [-0.25, -0.2) is 0 Å². The van der Waals surface area contributed by atoms with Crippen LogP contribution in [0.5, 0.6) is 28.7 Å². The molecule has 0 unspecified atom stereocenters. The lowest BCUT2D eigenvalue weighted by molar-refractivity contribution is -0.135. The van der Waals surface area contributed by atoms with Crippen molar-refractivity contribution < 1.29 is 37.7 Å². The van der Waals surface area contributed by atoms with Crippen LogP contribution in [0.4, 0.5) is 0 Å². The number of hydrogen-bond acceptors (Lipinski definition) is 8. The van der Waals surface area contributed by atoms with Gasteiger partial charge in [-0.2, -0.15) is 0 Å². The third-order valence-corrected chi connectivity index (χ3v) is 5.85. The molecule has 3 aromatic rings. The standard InChI is InChI=1S/C25H18O8/c1-28-19-9-13(10-20-25(19)31-8-7-30-20)16-12-21(26)32-17-5-4-15-23(27)18(33-24(15)22(16)17)11-14-3-2-6-29-14/h2-6,9-11,16H,7-8,12H2,1H3/b18-11-/t16-/m1/s1. The van der Waals surface area contributed by atoms with Crippen LogP contribution in [0.25, 0.3) is 6.08 Å². The van der Waals surface area contributed by atoms with Gasteiger partial charge in [0.2, 0.25) is 11.5 Å². The Hall–Kier alpha value is -4.20. The number of methoxy groups -OCH3 is 1. The highest BCUT2D eigenvalue weighted by atomic mass is 16.6. The van der Waals surface area contributed by atoms with Gasteiger partial charge in [0.25, 0.3) is 0 Å². The van der Waals surface area contributed by atoms with E-state index in [2.05, 4.69) is 0 Å². The molecule has 3 aliphatic rings. The van der Waals surface area contributed by atoms with Gasteiger partial charge in [0, 0.05) is 17.6 Å². The predicted molar refractivity (Wildman–Crippen MR) is 114 cm³/mol. The number of esters is 1. The molecule has 0 radical (unpaired) electrons. The fourth-order valence-electron chi connectivity index (χ4n) is 4.39. The minimum absolute atomic E-state index is 0.0705. The monoisotopic (exact) mass is 446 g/mol. The SMILES string of the molecule is COc1cc([C@H]2CC(=O)Oc3ccc4c(c32)O/C(=C\c2ccco2)C4=O)cc2c1OCCO2. The maximum absolute atomic E-state index is 13.0.